The molecule has 1 N–H and O–H groups in total. The van der Waals surface area contributed by atoms with E-state index in [2.05, 4.69) is 45.1 Å². The summed E-state index contributed by atoms with van der Waals surface area (Å²) in [4.78, 5) is 11.0. The monoisotopic (exact) mass is 354 g/mol. The van der Waals surface area contributed by atoms with Gasteiger partial charge in [0.15, 0.2) is 0 Å². The number of methoxy groups -OCH3 is 1. The van der Waals surface area contributed by atoms with Gasteiger partial charge in [-0.1, -0.05) is 33.8 Å². The van der Waals surface area contributed by atoms with E-state index in [1.165, 1.54) is 24.3 Å². The molecule has 0 amide bonds. The molecule has 0 bridgehead atoms. The van der Waals surface area contributed by atoms with Crippen molar-refractivity contribution >= 4 is 17.1 Å². The number of rotatable bonds is 4. The summed E-state index contributed by atoms with van der Waals surface area (Å²) in [6.07, 6.45) is 2.28. The van der Waals surface area contributed by atoms with Crippen molar-refractivity contribution in [3.63, 3.8) is 0 Å². The van der Waals surface area contributed by atoms with E-state index >= 15 is 0 Å². The van der Waals surface area contributed by atoms with Gasteiger partial charge in [0.2, 0.25) is 0 Å². The Balaban J connectivity index is 2.02. The summed E-state index contributed by atoms with van der Waals surface area (Å²) >= 11 is 0. The quantitative estimate of drug-likeness (QED) is 0.565. The molecule has 0 spiro atoms. The molecule has 138 valence electrons. The molecular formula is C21H26N2O3. The lowest BCUT2D eigenvalue weighted by molar-refractivity contribution is -0.384. The Morgan fingerprint density at radius 2 is 1.65 bits per heavy atom. The van der Waals surface area contributed by atoms with Crippen molar-refractivity contribution in [1.82, 2.24) is 0 Å². The van der Waals surface area contributed by atoms with Crippen molar-refractivity contribution in [2.75, 3.05) is 12.4 Å². The molecule has 0 saturated carbocycles. The molecule has 0 aliphatic heterocycles. The third-order valence-electron chi connectivity index (χ3n) is 5.53. The Hall–Kier alpha value is -2.56. The molecule has 5 nitrogen and oxygen atoms in total. The molecule has 0 unspecified atom stereocenters. The maximum atomic E-state index is 11.4. The summed E-state index contributed by atoms with van der Waals surface area (Å²) in [5.41, 5.74) is 4.25. The molecule has 5 heteroatoms. The average Bonchev–Trinajstić information content (AvgIpc) is 2.59. The van der Waals surface area contributed by atoms with Crippen LogP contribution in [0.4, 0.5) is 17.1 Å². The fourth-order valence-corrected chi connectivity index (χ4v) is 3.72. The highest BCUT2D eigenvalue weighted by molar-refractivity contribution is 5.71. The summed E-state index contributed by atoms with van der Waals surface area (Å²) in [5.74, 6) is 0.468. The number of nitro groups is 1. The number of nitrogens with one attached hydrogen (secondary N) is 1. The van der Waals surface area contributed by atoms with E-state index in [9.17, 15) is 10.1 Å². The van der Waals surface area contributed by atoms with E-state index in [1.54, 1.807) is 12.1 Å². The van der Waals surface area contributed by atoms with Crippen molar-refractivity contribution < 1.29 is 9.66 Å². The molecule has 0 heterocycles. The van der Waals surface area contributed by atoms with Crippen LogP contribution in [0.2, 0.25) is 0 Å². The average molecular weight is 354 g/mol. The predicted octanol–water partition coefficient (Wildman–Crippen LogP) is 5.70. The number of ether oxygens (including phenoxy) is 1. The van der Waals surface area contributed by atoms with Crippen molar-refractivity contribution in [2.24, 2.45) is 0 Å². The lowest BCUT2D eigenvalue weighted by Gasteiger charge is -2.42. The first-order valence-corrected chi connectivity index (χ1v) is 8.88. The number of fused-ring (bicyclic) bond motifs is 1. The van der Waals surface area contributed by atoms with Gasteiger partial charge in [-0.15, -0.1) is 0 Å². The molecule has 0 atom stereocenters. The van der Waals surface area contributed by atoms with E-state index < -0.39 is 4.92 Å². The van der Waals surface area contributed by atoms with Crippen LogP contribution in [-0.2, 0) is 10.8 Å². The minimum Gasteiger partial charge on any atom is -0.496 e. The van der Waals surface area contributed by atoms with Crippen molar-refractivity contribution in [2.45, 2.75) is 51.4 Å². The second-order valence-corrected chi connectivity index (χ2v) is 8.29. The molecule has 0 aromatic heterocycles. The molecule has 0 saturated heterocycles. The van der Waals surface area contributed by atoms with Gasteiger partial charge in [-0.3, -0.25) is 10.1 Å². The highest BCUT2D eigenvalue weighted by Gasteiger charge is 2.37. The highest BCUT2D eigenvalue weighted by Crippen LogP contribution is 2.46. The van der Waals surface area contributed by atoms with Gasteiger partial charge in [0.1, 0.15) is 11.4 Å². The van der Waals surface area contributed by atoms with Gasteiger partial charge in [0.25, 0.3) is 5.69 Å². The predicted molar refractivity (Wildman–Crippen MR) is 105 cm³/mol. The van der Waals surface area contributed by atoms with E-state index in [1.807, 2.05) is 6.07 Å². The Labute approximate surface area is 154 Å². The van der Waals surface area contributed by atoms with E-state index in [4.69, 9.17) is 4.74 Å². The molecule has 0 fully saturated rings. The lowest BCUT2D eigenvalue weighted by atomic mass is 9.63. The first kappa shape index (κ1) is 18.2. The topological polar surface area (TPSA) is 64.4 Å². The summed E-state index contributed by atoms with van der Waals surface area (Å²) in [7, 11) is 1.50. The van der Waals surface area contributed by atoms with Gasteiger partial charge in [0, 0.05) is 5.69 Å². The van der Waals surface area contributed by atoms with Gasteiger partial charge in [-0.2, -0.15) is 0 Å². The lowest BCUT2D eigenvalue weighted by Crippen LogP contribution is -2.33. The zero-order chi connectivity index (χ0) is 19.1. The second-order valence-electron chi connectivity index (χ2n) is 8.29. The van der Waals surface area contributed by atoms with Gasteiger partial charge < -0.3 is 10.1 Å². The van der Waals surface area contributed by atoms with Crippen LogP contribution in [0, 0.1) is 10.1 Å². The first-order chi connectivity index (χ1) is 12.1. The van der Waals surface area contributed by atoms with Gasteiger partial charge in [0.05, 0.1) is 18.1 Å². The molecule has 1 aliphatic rings. The summed E-state index contributed by atoms with van der Waals surface area (Å²) in [6.45, 7) is 9.09. The number of nitrogens with zero attached hydrogens (tertiary/aromatic N) is 1. The third kappa shape index (κ3) is 3.26. The van der Waals surface area contributed by atoms with Gasteiger partial charge in [-0.25, -0.2) is 0 Å². The molecule has 2 aromatic rings. The summed E-state index contributed by atoms with van der Waals surface area (Å²) in [6, 6.07) is 11.2. The van der Waals surface area contributed by atoms with Crippen LogP contribution >= 0.6 is 0 Å². The molecule has 26 heavy (non-hydrogen) atoms. The van der Waals surface area contributed by atoms with Crippen molar-refractivity contribution in [3.8, 4) is 5.75 Å². The van der Waals surface area contributed by atoms with Crippen molar-refractivity contribution in [1.29, 1.82) is 0 Å². The molecular weight excluding hydrogens is 328 g/mol. The van der Waals surface area contributed by atoms with Crippen LogP contribution < -0.4 is 10.1 Å². The first-order valence-electron chi connectivity index (χ1n) is 8.88. The fraction of sp³-hybridized carbons (Fsp3) is 0.429. The second kappa shape index (κ2) is 6.31. The van der Waals surface area contributed by atoms with Crippen LogP contribution in [0.3, 0.4) is 0 Å². The Morgan fingerprint density at radius 1 is 1.00 bits per heavy atom. The molecule has 2 aromatic carbocycles. The van der Waals surface area contributed by atoms with Crippen LogP contribution in [0.15, 0.2) is 36.4 Å². The summed E-state index contributed by atoms with van der Waals surface area (Å²) < 4.78 is 5.10. The highest BCUT2D eigenvalue weighted by atomic mass is 16.6. The van der Waals surface area contributed by atoms with E-state index in [0.717, 1.165) is 18.5 Å². The molecule has 1 aliphatic carbocycles. The maximum absolute atomic E-state index is 11.4. The fourth-order valence-electron chi connectivity index (χ4n) is 3.72. The van der Waals surface area contributed by atoms with Gasteiger partial charge in [-0.05, 0) is 59.1 Å². The summed E-state index contributed by atoms with van der Waals surface area (Å²) in [5, 5.41) is 14.6. The number of hydrogen-bond donors (Lipinski definition) is 1. The normalized spacial score (nSPS) is 17.3. The number of anilines is 2. The number of hydrogen-bond acceptors (Lipinski definition) is 4. The number of benzene rings is 2. The number of nitro benzene ring substituents is 1. The molecule has 3 rings (SSSR count). The van der Waals surface area contributed by atoms with Gasteiger partial charge >= 0.3 is 0 Å². The zero-order valence-corrected chi connectivity index (χ0v) is 16.1. The Morgan fingerprint density at radius 3 is 2.27 bits per heavy atom. The third-order valence-corrected chi connectivity index (χ3v) is 5.53. The Kier molecular flexibility index (Phi) is 4.42. The SMILES string of the molecule is COc1ccc(Nc2ccc3c(c2)C(C)(C)CCC3(C)C)c([N+](=O)[O-])c1. The van der Waals surface area contributed by atoms with Crippen LogP contribution in [0.25, 0.3) is 0 Å². The minimum absolute atomic E-state index is 0.00154. The standard InChI is InChI=1S/C21H26N2O3/c1-20(2)10-11-21(3,4)17-12-14(6-8-16(17)20)22-18-9-7-15(26-5)13-19(18)23(24)25/h6-9,12-13,22H,10-11H2,1-5H3. The zero-order valence-electron chi connectivity index (χ0n) is 16.1. The smallest absolute Gasteiger partial charge is 0.296 e. The van der Waals surface area contributed by atoms with Crippen LogP contribution in [0.5, 0.6) is 5.75 Å². The largest absolute Gasteiger partial charge is 0.496 e. The minimum atomic E-state index is -0.393. The van der Waals surface area contributed by atoms with Crippen LogP contribution in [0.1, 0.15) is 51.7 Å². The van der Waals surface area contributed by atoms with Crippen LogP contribution in [-0.4, -0.2) is 12.0 Å². The van der Waals surface area contributed by atoms with Crippen molar-refractivity contribution in [3.05, 3.63) is 57.6 Å². The molecule has 0 radical (unpaired) electrons. The van der Waals surface area contributed by atoms with E-state index in [-0.39, 0.29) is 16.5 Å². The maximum Gasteiger partial charge on any atom is 0.296 e. The van der Waals surface area contributed by atoms with E-state index in [0.29, 0.717) is 11.4 Å². The Bertz CT molecular complexity index is 856.